The summed E-state index contributed by atoms with van der Waals surface area (Å²) < 4.78 is 16.8. The predicted molar refractivity (Wildman–Crippen MR) is 112 cm³/mol. The Kier molecular flexibility index (Phi) is 5.50. The smallest absolute Gasteiger partial charge is 0.230 e. The van der Waals surface area contributed by atoms with Gasteiger partial charge >= 0.3 is 0 Å². The lowest BCUT2D eigenvalue weighted by Crippen LogP contribution is -2.47. The zero-order valence-electron chi connectivity index (χ0n) is 17.2. The first-order valence-electron chi connectivity index (χ1n) is 10.3. The van der Waals surface area contributed by atoms with E-state index >= 15 is 0 Å². The third kappa shape index (κ3) is 3.60. The van der Waals surface area contributed by atoms with E-state index in [4.69, 9.17) is 14.2 Å². The minimum atomic E-state index is -0.472. The Bertz CT molecular complexity index is 869. The predicted octanol–water partition coefficient (Wildman–Crippen LogP) is 3.60. The third-order valence-corrected chi connectivity index (χ3v) is 6.52. The van der Waals surface area contributed by atoms with Gasteiger partial charge in [0.2, 0.25) is 5.91 Å². The molecule has 5 heteroatoms. The summed E-state index contributed by atoms with van der Waals surface area (Å²) in [6.07, 6.45) is 3.42. The molecule has 1 aliphatic heterocycles. The van der Waals surface area contributed by atoms with Crippen LogP contribution in [0.25, 0.3) is 0 Å². The first-order valence-corrected chi connectivity index (χ1v) is 10.3. The third-order valence-electron chi connectivity index (χ3n) is 6.52. The highest BCUT2D eigenvalue weighted by molar-refractivity contribution is 5.92. The molecular weight excluding hydrogens is 366 g/mol. The summed E-state index contributed by atoms with van der Waals surface area (Å²) in [5, 5.41) is 3.29. The molecule has 5 nitrogen and oxygen atoms in total. The van der Waals surface area contributed by atoms with Gasteiger partial charge in [-0.05, 0) is 37.8 Å². The van der Waals surface area contributed by atoms with Crippen LogP contribution in [0.15, 0.2) is 48.5 Å². The molecule has 0 aromatic heterocycles. The van der Waals surface area contributed by atoms with Crippen molar-refractivity contribution in [3.63, 3.8) is 0 Å². The van der Waals surface area contributed by atoms with Crippen molar-refractivity contribution in [2.75, 3.05) is 34.0 Å². The van der Waals surface area contributed by atoms with E-state index in [1.807, 2.05) is 42.5 Å². The minimum absolute atomic E-state index is 0.0859. The van der Waals surface area contributed by atoms with E-state index in [-0.39, 0.29) is 11.3 Å². The van der Waals surface area contributed by atoms with Crippen LogP contribution in [0.5, 0.6) is 11.5 Å². The lowest BCUT2D eigenvalue weighted by atomic mass is 9.73. The maximum absolute atomic E-state index is 13.3. The summed E-state index contributed by atoms with van der Waals surface area (Å²) in [5.41, 5.74) is 1.48. The van der Waals surface area contributed by atoms with E-state index in [0.29, 0.717) is 19.8 Å². The van der Waals surface area contributed by atoms with Crippen molar-refractivity contribution in [2.24, 2.45) is 0 Å². The molecule has 4 rings (SSSR count). The molecule has 0 radical (unpaired) electrons. The fourth-order valence-electron chi connectivity index (χ4n) is 4.59. The van der Waals surface area contributed by atoms with Crippen LogP contribution in [0.4, 0.5) is 0 Å². The highest BCUT2D eigenvalue weighted by Gasteiger charge is 2.53. The monoisotopic (exact) mass is 395 g/mol. The van der Waals surface area contributed by atoms with Gasteiger partial charge in [0.1, 0.15) is 11.5 Å². The standard InChI is InChI=1S/C24H29NO4/c1-27-20-9-5-3-7-18(20)23(13-15-29-16-14-23)17-25-22(26)24(11-12-24)19-8-4-6-10-21(19)28-2/h3-10H,11-17H2,1-2H3,(H,25,26). The number of rotatable bonds is 7. The second kappa shape index (κ2) is 8.07. The molecule has 0 bridgehead atoms. The number of amides is 1. The van der Waals surface area contributed by atoms with Gasteiger partial charge in [-0.15, -0.1) is 0 Å². The van der Waals surface area contributed by atoms with Crippen molar-refractivity contribution >= 4 is 5.91 Å². The van der Waals surface area contributed by atoms with Gasteiger partial charge in [-0.25, -0.2) is 0 Å². The van der Waals surface area contributed by atoms with Crippen LogP contribution in [-0.2, 0) is 20.4 Å². The molecule has 1 amide bonds. The highest BCUT2D eigenvalue weighted by Crippen LogP contribution is 2.51. The van der Waals surface area contributed by atoms with Gasteiger partial charge < -0.3 is 19.5 Å². The Morgan fingerprint density at radius 1 is 0.897 bits per heavy atom. The van der Waals surface area contributed by atoms with Gasteiger partial charge in [-0.1, -0.05) is 36.4 Å². The molecule has 0 atom stereocenters. The maximum atomic E-state index is 13.3. The molecule has 1 aliphatic carbocycles. The minimum Gasteiger partial charge on any atom is -0.496 e. The number of methoxy groups -OCH3 is 2. The molecule has 1 N–H and O–H groups in total. The number of hydrogen-bond donors (Lipinski definition) is 1. The molecular formula is C24H29NO4. The van der Waals surface area contributed by atoms with Crippen LogP contribution in [0.2, 0.25) is 0 Å². The summed E-state index contributed by atoms with van der Waals surface area (Å²) in [7, 11) is 3.36. The summed E-state index contributed by atoms with van der Waals surface area (Å²) in [6.45, 7) is 1.95. The van der Waals surface area contributed by atoms with Crippen molar-refractivity contribution in [1.29, 1.82) is 0 Å². The highest BCUT2D eigenvalue weighted by atomic mass is 16.5. The average Bonchev–Trinajstić information content (AvgIpc) is 3.60. The number of carbonyl (C=O) groups is 1. The Balaban J connectivity index is 1.58. The van der Waals surface area contributed by atoms with Crippen molar-refractivity contribution < 1.29 is 19.0 Å². The molecule has 0 spiro atoms. The molecule has 2 aliphatic rings. The van der Waals surface area contributed by atoms with Crippen molar-refractivity contribution in [2.45, 2.75) is 36.5 Å². The van der Waals surface area contributed by atoms with Gasteiger partial charge in [0.05, 0.1) is 19.6 Å². The lowest BCUT2D eigenvalue weighted by Gasteiger charge is -2.39. The Labute approximate surface area is 172 Å². The van der Waals surface area contributed by atoms with Crippen LogP contribution in [0.3, 0.4) is 0 Å². The normalized spacial score (nSPS) is 19.2. The number of para-hydroxylation sites is 2. The first-order chi connectivity index (χ1) is 14.1. The summed E-state index contributed by atoms with van der Waals surface area (Å²) in [4.78, 5) is 13.3. The van der Waals surface area contributed by atoms with Crippen LogP contribution < -0.4 is 14.8 Å². The molecule has 1 saturated heterocycles. The second-order valence-electron chi connectivity index (χ2n) is 8.06. The van der Waals surface area contributed by atoms with E-state index in [9.17, 15) is 4.79 Å². The first kappa shape index (κ1) is 19.8. The fraction of sp³-hybridized carbons (Fsp3) is 0.458. The molecule has 2 aromatic rings. The molecule has 29 heavy (non-hydrogen) atoms. The molecule has 154 valence electrons. The summed E-state index contributed by atoms with van der Waals surface area (Å²) in [6, 6.07) is 16.0. The van der Waals surface area contributed by atoms with Crippen LogP contribution >= 0.6 is 0 Å². The number of hydrogen-bond acceptors (Lipinski definition) is 4. The second-order valence-corrected chi connectivity index (χ2v) is 8.06. The van der Waals surface area contributed by atoms with E-state index in [0.717, 1.165) is 48.3 Å². The molecule has 1 saturated carbocycles. The largest absolute Gasteiger partial charge is 0.496 e. The van der Waals surface area contributed by atoms with Crippen molar-refractivity contribution in [3.05, 3.63) is 59.7 Å². The van der Waals surface area contributed by atoms with Gasteiger partial charge in [-0.3, -0.25) is 4.79 Å². The lowest BCUT2D eigenvalue weighted by molar-refractivity contribution is -0.124. The van der Waals surface area contributed by atoms with E-state index in [1.165, 1.54) is 0 Å². The quantitative estimate of drug-likeness (QED) is 0.778. The molecule has 2 aromatic carbocycles. The topological polar surface area (TPSA) is 56.8 Å². The van der Waals surface area contributed by atoms with E-state index in [1.54, 1.807) is 14.2 Å². The van der Waals surface area contributed by atoms with Crippen LogP contribution in [-0.4, -0.2) is 39.9 Å². The Hall–Kier alpha value is -2.53. The SMILES string of the molecule is COc1ccccc1C1(CNC(=O)C2(c3ccccc3OC)CC2)CCOCC1. The Morgan fingerprint density at radius 2 is 1.45 bits per heavy atom. The summed E-state index contributed by atoms with van der Waals surface area (Å²) >= 11 is 0. The number of ether oxygens (including phenoxy) is 3. The van der Waals surface area contributed by atoms with Gasteiger partial charge in [-0.2, -0.15) is 0 Å². The maximum Gasteiger partial charge on any atom is 0.230 e. The van der Waals surface area contributed by atoms with Crippen molar-refractivity contribution in [3.8, 4) is 11.5 Å². The average molecular weight is 395 g/mol. The molecule has 0 unspecified atom stereocenters. The van der Waals surface area contributed by atoms with Gasteiger partial charge in [0, 0.05) is 36.3 Å². The number of carbonyl (C=O) groups excluding carboxylic acids is 1. The number of nitrogens with one attached hydrogen (secondary N) is 1. The zero-order chi connectivity index (χ0) is 20.3. The number of benzene rings is 2. The van der Waals surface area contributed by atoms with Crippen LogP contribution in [0, 0.1) is 0 Å². The zero-order valence-corrected chi connectivity index (χ0v) is 17.2. The van der Waals surface area contributed by atoms with Gasteiger partial charge in [0.25, 0.3) is 0 Å². The summed E-state index contributed by atoms with van der Waals surface area (Å²) in [5.74, 6) is 1.74. The van der Waals surface area contributed by atoms with Crippen molar-refractivity contribution in [1.82, 2.24) is 5.32 Å². The fourth-order valence-corrected chi connectivity index (χ4v) is 4.59. The molecule has 2 fully saturated rings. The Morgan fingerprint density at radius 3 is 2.03 bits per heavy atom. The van der Waals surface area contributed by atoms with Gasteiger partial charge in [0.15, 0.2) is 0 Å². The van der Waals surface area contributed by atoms with Crippen LogP contribution in [0.1, 0.15) is 36.8 Å². The van der Waals surface area contributed by atoms with E-state index in [2.05, 4.69) is 11.4 Å². The molecule has 1 heterocycles. The van der Waals surface area contributed by atoms with E-state index < -0.39 is 5.41 Å².